The van der Waals surface area contributed by atoms with Gasteiger partial charge in [-0.2, -0.15) is 0 Å². The summed E-state index contributed by atoms with van der Waals surface area (Å²) < 4.78 is 21.6. The minimum Gasteiger partial charge on any atom is -0.472 e. The number of hydrogen-bond donors (Lipinski definition) is 2. The highest BCUT2D eigenvalue weighted by molar-refractivity contribution is 5.98. The summed E-state index contributed by atoms with van der Waals surface area (Å²) in [5, 5.41) is 23.6. The molecule has 3 fully saturated rings. The van der Waals surface area contributed by atoms with Crippen LogP contribution in [0.1, 0.15) is 72.0 Å². The van der Waals surface area contributed by atoms with E-state index in [2.05, 4.69) is 0 Å². The molecule has 1 aromatic heterocycles. The zero-order valence-corrected chi connectivity index (χ0v) is 23.1. The first-order valence-corrected chi connectivity index (χ1v) is 13.3. The van der Waals surface area contributed by atoms with Crippen molar-refractivity contribution >= 4 is 23.7 Å². The molecule has 4 aliphatic rings. The number of ether oxygens (including phenoxy) is 3. The van der Waals surface area contributed by atoms with Crippen molar-refractivity contribution < 1.29 is 48.0 Å². The fourth-order valence-electron chi connectivity index (χ4n) is 8.67. The number of carbonyl (C=O) groups excluding carboxylic acids is 4. The second kappa shape index (κ2) is 8.76. The first-order chi connectivity index (χ1) is 18.1. The molecule has 10 heteroatoms. The van der Waals surface area contributed by atoms with Crippen LogP contribution < -0.4 is 0 Å². The Bertz CT molecular complexity index is 1260. The average molecular weight is 545 g/mol. The highest BCUT2D eigenvalue weighted by atomic mass is 16.6. The summed E-state index contributed by atoms with van der Waals surface area (Å²) in [5.74, 6) is -4.21. The number of fused-ring (bicyclic) bond motifs is 5. The lowest BCUT2D eigenvalue weighted by Gasteiger charge is -2.66. The van der Waals surface area contributed by atoms with E-state index in [4.69, 9.17) is 18.6 Å². The lowest BCUT2D eigenvalue weighted by atomic mass is 9.39. The monoisotopic (exact) mass is 544 g/mol. The van der Waals surface area contributed by atoms with Gasteiger partial charge in [0.05, 0.1) is 26.1 Å². The molecule has 0 aromatic carbocycles. The first-order valence-electron chi connectivity index (χ1n) is 13.3. The van der Waals surface area contributed by atoms with Gasteiger partial charge in [-0.15, -0.1) is 0 Å². The number of Topliss-reactive ketones (excluding diaryl/α,β-unsaturated/α-hetero) is 1. The van der Waals surface area contributed by atoms with Crippen molar-refractivity contribution in [1.82, 2.24) is 0 Å². The number of cyclic esters (lactones) is 1. The summed E-state index contributed by atoms with van der Waals surface area (Å²) in [6.45, 7) is 8.23. The molecule has 8 unspecified atom stereocenters. The number of furan rings is 1. The van der Waals surface area contributed by atoms with E-state index >= 15 is 0 Å². The molecule has 39 heavy (non-hydrogen) atoms. The summed E-state index contributed by atoms with van der Waals surface area (Å²) in [7, 11) is 1.15. The molecular weight excluding hydrogens is 508 g/mol. The minimum absolute atomic E-state index is 0.0249. The predicted octanol–water partition coefficient (Wildman–Crippen LogP) is 2.81. The van der Waals surface area contributed by atoms with Gasteiger partial charge in [-0.25, -0.2) is 4.79 Å². The molecule has 1 saturated heterocycles. The van der Waals surface area contributed by atoms with Crippen molar-refractivity contribution in [1.29, 1.82) is 0 Å². The molecule has 3 aliphatic carbocycles. The molecule has 0 amide bonds. The van der Waals surface area contributed by atoms with Crippen LogP contribution in [0.2, 0.25) is 0 Å². The Kier molecular flexibility index (Phi) is 6.20. The fourth-order valence-corrected chi connectivity index (χ4v) is 8.67. The van der Waals surface area contributed by atoms with Gasteiger partial charge in [-0.3, -0.25) is 14.4 Å². The molecule has 2 saturated carbocycles. The lowest BCUT2D eigenvalue weighted by Crippen LogP contribution is -2.76. The third-order valence-electron chi connectivity index (χ3n) is 10.1. The maximum atomic E-state index is 14.3. The van der Waals surface area contributed by atoms with Crippen molar-refractivity contribution in [2.45, 2.75) is 84.2 Å². The summed E-state index contributed by atoms with van der Waals surface area (Å²) in [5.41, 5.74) is -3.24. The number of aliphatic hydroxyl groups is 2. The smallest absolute Gasteiger partial charge is 0.335 e. The highest BCUT2D eigenvalue weighted by Gasteiger charge is 2.75. The van der Waals surface area contributed by atoms with E-state index in [9.17, 15) is 29.4 Å². The molecule has 0 spiro atoms. The number of carbonyl (C=O) groups is 4. The zero-order chi connectivity index (χ0) is 28.7. The SMILES string of the molecule is COC(=O)C(O)C1C(C)(C)C(OC(C)=O)C2(O)CC3=C4CC(=O)OC(c5ccoc5)C4(C)CCC3C1(C)C2=O. The number of esters is 3. The quantitative estimate of drug-likeness (QED) is 0.329. The van der Waals surface area contributed by atoms with E-state index in [1.807, 2.05) is 6.92 Å². The van der Waals surface area contributed by atoms with Gasteiger partial charge in [0.2, 0.25) is 0 Å². The summed E-state index contributed by atoms with van der Waals surface area (Å²) >= 11 is 0. The molecule has 1 aromatic rings. The van der Waals surface area contributed by atoms with E-state index in [0.29, 0.717) is 24.0 Å². The molecule has 10 nitrogen and oxygen atoms in total. The van der Waals surface area contributed by atoms with Gasteiger partial charge >= 0.3 is 17.9 Å². The van der Waals surface area contributed by atoms with Gasteiger partial charge in [0, 0.05) is 41.1 Å². The number of ketones is 1. The Morgan fingerprint density at radius 3 is 2.46 bits per heavy atom. The van der Waals surface area contributed by atoms with Crippen LogP contribution in [0.15, 0.2) is 34.2 Å². The highest BCUT2D eigenvalue weighted by Crippen LogP contribution is 2.68. The normalized spacial score (nSPS) is 39.7. The van der Waals surface area contributed by atoms with E-state index in [-0.39, 0.29) is 12.8 Å². The second-order valence-electron chi connectivity index (χ2n) is 12.6. The first kappa shape index (κ1) is 27.6. The van der Waals surface area contributed by atoms with E-state index < -0.39 is 75.7 Å². The van der Waals surface area contributed by atoms with Crippen LogP contribution in [0.25, 0.3) is 0 Å². The van der Waals surface area contributed by atoms with E-state index in [1.54, 1.807) is 33.1 Å². The minimum atomic E-state index is -2.14. The maximum Gasteiger partial charge on any atom is 0.335 e. The number of methoxy groups -OCH3 is 1. The largest absolute Gasteiger partial charge is 0.472 e. The molecule has 2 N–H and O–H groups in total. The summed E-state index contributed by atoms with van der Waals surface area (Å²) in [6, 6.07) is 1.75. The number of aliphatic hydroxyl groups excluding tert-OH is 1. The summed E-state index contributed by atoms with van der Waals surface area (Å²) in [4.78, 5) is 52.3. The molecular formula is C29H36O10. The van der Waals surface area contributed by atoms with Gasteiger partial charge < -0.3 is 28.8 Å². The van der Waals surface area contributed by atoms with Gasteiger partial charge in [0.15, 0.2) is 17.5 Å². The lowest BCUT2D eigenvalue weighted by molar-refractivity contribution is -0.246. The van der Waals surface area contributed by atoms with Crippen molar-refractivity contribution in [3.05, 3.63) is 35.3 Å². The Hall–Kier alpha value is -2.98. The van der Waals surface area contributed by atoms with Gasteiger partial charge in [0.1, 0.15) is 12.2 Å². The van der Waals surface area contributed by atoms with Crippen molar-refractivity contribution in [2.24, 2.45) is 28.1 Å². The van der Waals surface area contributed by atoms with Gasteiger partial charge in [0.25, 0.3) is 0 Å². The van der Waals surface area contributed by atoms with Crippen molar-refractivity contribution in [3.63, 3.8) is 0 Å². The van der Waals surface area contributed by atoms with Crippen LogP contribution in [0.3, 0.4) is 0 Å². The molecule has 8 atom stereocenters. The number of rotatable bonds is 4. The topological polar surface area (TPSA) is 150 Å². The third kappa shape index (κ3) is 3.60. The van der Waals surface area contributed by atoms with Crippen LogP contribution in [0.5, 0.6) is 0 Å². The molecule has 5 rings (SSSR count). The van der Waals surface area contributed by atoms with Gasteiger partial charge in [-0.05, 0) is 30.4 Å². The van der Waals surface area contributed by atoms with Crippen molar-refractivity contribution in [2.75, 3.05) is 7.11 Å². The Morgan fingerprint density at radius 1 is 1.18 bits per heavy atom. The summed E-state index contributed by atoms with van der Waals surface area (Å²) in [6.07, 6.45) is 0.208. The third-order valence-corrected chi connectivity index (χ3v) is 10.1. The predicted molar refractivity (Wildman–Crippen MR) is 134 cm³/mol. The Morgan fingerprint density at radius 2 is 1.87 bits per heavy atom. The van der Waals surface area contributed by atoms with Crippen LogP contribution in [-0.2, 0) is 33.4 Å². The second-order valence-corrected chi connectivity index (χ2v) is 12.6. The van der Waals surface area contributed by atoms with Crippen LogP contribution in [0, 0.1) is 28.1 Å². The average Bonchev–Trinajstić information content (AvgIpc) is 3.39. The number of hydrogen-bond acceptors (Lipinski definition) is 10. The van der Waals surface area contributed by atoms with Crippen LogP contribution in [0.4, 0.5) is 0 Å². The molecule has 0 radical (unpaired) electrons. The molecule has 2 heterocycles. The molecule has 1 aliphatic heterocycles. The van der Waals surface area contributed by atoms with E-state index in [1.165, 1.54) is 13.2 Å². The standard InChI is InChI=1S/C29H36O10/c1-14(30)38-25-26(2,3)21(20(32)23(33)36-6)28(5)17-7-9-27(4)18(16(17)12-29(25,35)24(28)34)11-19(31)39-22(27)15-8-10-37-13-15/h8,10,13,17,20-22,25,32,35H,7,9,11-12H2,1-6H3. The van der Waals surface area contributed by atoms with Crippen LogP contribution >= 0.6 is 0 Å². The van der Waals surface area contributed by atoms with Crippen LogP contribution in [-0.4, -0.2) is 58.8 Å². The maximum absolute atomic E-state index is 14.3. The van der Waals surface area contributed by atoms with Crippen molar-refractivity contribution in [3.8, 4) is 0 Å². The molecule has 2 bridgehead atoms. The fraction of sp³-hybridized carbons (Fsp3) is 0.655. The zero-order valence-electron chi connectivity index (χ0n) is 23.1. The van der Waals surface area contributed by atoms with Gasteiger partial charge in [-0.1, -0.05) is 33.3 Å². The van der Waals surface area contributed by atoms with E-state index in [0.717, 1.165) is 12.7 Å². The Balaban J connectivity index is 1.76. The Labute approximate surface area is 226 Å². The molecule has 212 valence electrons.